The predicted octanol–water partition coefficient (Wildman–Crippen LogP) is 2.56. The zero-order valence-electron chi connectivity index (χ0n) is 14.8. The molecule has 5 rings (SSSR count). The lowest BCUT2D eigenvalue weighted by Crippen LogP contribution is -2.12. The van der Waals surface area contributed by atoms with Crippen molar-refractivity contribution < 1.29 is 8.94 Å². The van der Waals surface area contributed by atoms with Crippen molar-refractivity contribution in [1.82, 2.24) is 29.9 Å². The number of rotatable bonds is 4. The first kappa shape index (κ1) is 16.2. The molecule has 0 fully saturated rings. The van der Waals surface area contributed by atoms with Crippen molar-refractivity contribution in [3.63, 3.8) is 0 Å². The summed E-state index contributed by atoms with van der Waals surface area (Å²) in [6.45, 7) is 0. The molecule has 5 aromatic rings. The average Bonchev–Trinajstić information content (AvgIpc) is 3.43. The van der Waals surface area contributed by atoms with Gasteiger partial charge in [-0.25, -0.2) is 0 Å². The predicted molar refractivity (Wildman–Crippen MR) is 99.4 cm³/mol. The summed E-state index contributed by atoms with van der Waals surface area (Å²) in [5.74, 6) is 1.64. The number of aromatic amines is 1. The molecule has 9 heteroatoms. The minimum atomic E-state index is -0.319. The molecule has 138 valence electrons. The number of hydrogen-bond donors (Lipinski definition) is 1. The van der Waals surface area contributed by atoms with Gasteiger partial charge in [0.1, 0.15) is 5.82 Å². The van der Waals surface area contributed by atoms with E-state index in [0.717, 1.165) is 11.1 Å². The second-order valence-corrected chi connectivity index (χ2v) is 6.32. The first-order chi connectivity index (χ1) is 13.7. The van der Waals surface area contributed by atoms with Crippen LogP contribution in [0.3, 0.4) is 0 Å². The Kier molecular flexibility index (Phi) is 3.64. The highest BCUT2D eigenvalue weighted by Gasteiger charge is 2.14. The number of fused-ring (bicyclic) bond motifs is 1. The molecule has 9 nitrogen and oxygen atoms in total. The SMILES string of the molecule is Cn1cc(-c2ccc3[nH]c(Cc4nc(-c5ccco5)no4)nc(=O)c3c2)cn1. The van der Waals surface area contributed by atoms with Gasteiger partial charge in [0.15, 0.2) is 5.76 Å². The highest BCUT2D eigenvalue weighted by molar-refractivity contribution is 5.83. The van der Waals surface area contributed by atoms with Crippen LogP contribution in [0.4, 0.5) is 0 Å². The molecule has 0 unspecified atom stereocenters. The van der Waals surface area contributed by atoms with Crippen LogP contribution < -0.4 is 5.56 Å². The van der Waals surface area contributed by atoms with Crippen LogP contribution in [0.1, 0.15) is 11.7 Å². The van der Waals surface area contributed by atoms with Crippen LogP contribution in [-0.2, 0) is 13.5 Å². The molecule has 0 saturated carbocycles. The minimum absolute atomic E-state index is 0.212. The number of aryl methyl sites for hydroxylation is 1. The van der Waals surface area contributed by atoms with E-state index in [1.54, 1.807) is 23.0 Å². The molecule has 0 atom stereocenters. The standard InChI is InChI=1S/C19H14N6O3/c1-25-10-12(9-20-25)11-4-5-14-13(7-11)19(26)22-16(21-14)8-17-23-18(24-28-17)15-3-2-6-27-15/h2-7,9-10H,8H2,1H3,(H,21,22,26). The number of hydrogen-bond acceptors (Lipinski definition) is 7. The summed E-state index contributed by atoms with van der Waals surface area (Å²) in [5, 5.41) is 8.55. The van der Waals surface area contributed by atoms with Crippen molar-refractivity contribution in [3.05, 3.63) is 71.1 Å². The molecule has 0 aliphatic heterocycles. The molecule has 0 aliphatic carbocycles. The maximum Gasteiger partial charge on any atom is 0.280 e. The number of benzene rings is 1. The zero-order chi connectivity index (χ0) is 19.1. The van der Waals surface area contributed by atoms with Crippen molar-refractivity contribution >= 4 is 10.9 Å². The molecule has 0 bridgehead atoms. The van der Waals surface area contributed by atoms with Gasteiger partial charge in [0, 0.05) is 18.8 Å². The van der Waals surface area contributed by atoms with E-state index in [2.05, 4.69) is 25.2 Å². The van der Waals surface area contributed by atoms with Gasteiger partial charge in [0.05, 0.1) is 29.8 Å². The summed E-state index contributed by atoms with van der Waals surface area (Å²) in [5.41, 5.74) is 2.21. The van der Waals surface area contributed by atoms with Gasteiger partial charge in [-0.2, -0.15) is 15.1 Å². The molecule has 28 heavy (non-hydrogen) atoms. The Hall–Kier alpha value is -4.01. The summed E-state index contributed by atoms with van der Waals surface area (Å²) >= 11 is 0. The van der Waals surface area contributed by atoms with Crippen LogP contribution in [0, 0.1) is 0 Å². The lowest BCUT2D eigenvalue weighted by atomic mass is 10.1. The third kappa shape index (κ3) is 2.88. The lowest BCUT2D eigenvalue weighted by Gasteiger charge is -2.03. The molecule has 4 aromatic heterocycles. The molecule has 0 amide bonds. The topological polar surface area (TPSA) is 116 Å². The molecule has 1 N–H and O–H groups in total. The van der Waals surface area contributed by atoms with E-state index < -0.39 is 0 Å². The van der Waals surface area contributed by atoms with E-state index in [-0.39, 0.29) is 12.0 Å². The molecule has 0 saturated heterocycles. The number of aromatic nitrogens is 6. The first-order valence-electron chi connectivity index (χ1n) is 8.54. The van der Waals surface area contributed by atoms with Crippen LogP contribution in [0.5, 0.6) is 0 Å². The van der Waals surface area contributed by atoms with E-state index >= 15 is 0 Å². The summed E-state index contributed by atoms with van der Waals surface area (Å²) in [7, 11) is 1.85. The fourth-order valence-corrected chi connectivity index (χ4v) is 3.01. The quantitative estimate of drug-likeness (QED) is 0.514. The van der Waals surface area contributed by atoms with Gasteiger partial charge in [-0.3, -0.25) is 9.48 Å². The third-order valence-electron chi connectivity index (χ3n) is 4.33. The van der Waals surface area contributed by atoms with Crippen LogP contribution >= 0.6 is 0 Å². The largest absolute Gasteiger partial charge is 0.461 e. The average molecular weight is 374 g/mol. The lowest BCUT2D eigenvalue weighted by molar-refractivity contribution is 0.382. The van der Waals surface area contributed by atoms with Gasteiger partial charge in [0.25, 0.3) is 5.56 Å². The second-order valence-electron chi connectivity index (χ2n) is 6.32. The van der Waals surface area contributed by atoms with Crippen molar-refractivity contribution in [2.24, 2.45) is 7.05 Å². The van der Waals surface area contributed by atoms with E-state index in [4.69, 9.17) is 8.94 Å². The summed E-state index contributed by atoms with van der Waals surface area (Å²) < 4.78 is 12.2. The fourth-order valence-electron chi connectivity index (χ4n) is 3.01. The van der Waals surface area contributed by atoms with Gasteiger partial charge in [-0.05, 0) is 29.8 Å². The monoisotopic (exact) mass is 374 g/mol. The highest BCUT2D eigenvalue weighted by Crippen LogP contribution is 2.22. The maximum atomic E-state index is 12.5. The van der Waals surface area contributed by atoms with Crippen LogP contribution in [0.15, 0.2) is 62.7 Å². The van der Waals surface area contributed by atoms with Crippen LogP contribution in [0.2, 0.25) is 0 Å². The van der Waals surface area contributed by atoms with E-state index in [0.29, 0.717) is 34.2 Å². The van der Waals surface area contributed by atoms with E-state index in [1.807, 2.05) is 31.4 Å². The number of furan rings is 1. The Morgan fingerprint density at radius 1 is 1.18 bits per heavy atom. The molecular weight excluding hydrogens is 360 g/mol. The Morgan fingerprint density at radius 3 is 2.89 bits per heavy atom. The Morgan fingerprint density at radius 2 is 2.11 bits per heavy atom. The Bertz CT molecular complexity index is 1330. The Balaban J connectivity index is 1.47. The van der Waals surface area contributed by atoms with Crippen molar-refractivity contribution in [3.8, 4) is 22.7 Å². The van der Waals surface area contributed by atoms with Crippen molar-refractivity contribution in [2.75, 3.05) is 0 Å². The Labute approximate surface area is 157 Å². The molecule has 0 spiro atoms. The second kappa shape index (κ2) is 6.31. The molecule has 0 aliphatic rings. The first-order valence-corrected chi connectivity index (χ1v) is 8.54. The zero-order valence-corrected chi connectivity index (χ0v) is 14.8. The summed E-state index contributed by atoms with van der Waals surface area (Å²) in [4.78, 5) is 24.1. The normalized spacial score (nSPS) is 11.3. The van der Waals surface area contributed by atoms with Crippen LogP contribution in [-0.4, -0.2) is 29.9 Å². The van der Waals surface area contributed by atoms with Gasteiger partial charge in [0.2, 0.25) is 11.7 Å². The highest BCUT2D eigenvalue weighted by atomic mass is 16.5. The van der Waals surface area contributed by atoms with Gasteiger partial charge < -0.3 is 13.9 Å². The molecular formula is C19H14N6O3. The molecule has 1 aromatic carbocycles. The number of nitrogens with zero attached hydrogens (tertiary/aromatic N) is 5. The van der Waals surface area contributed by atoms with Crippen LogP contribution in [0.25, 0.3) is 33.6 Å². The molecule has 0 radical (unpaired) electrons. The maximum absolute atomic E-state index is 12.5. The number of H-pyrrole nitrogens is 1. The van der Waals surface area contributed by atoms with Crippen molar-refractivity contribution in [1.29, 1.82) is 0 Å². The van der Waals surface area contributed by atoms with Gasteiger partial charge in [-0.15, -0.1) is 0 Å². The third-order valence-corrected chi connectivity index (χ3v) is 4.33. The van der Waals surface area contributed by atoms with E-state index in [9.17, 15) is 4.79 Å². The van der Waals surface area contributed by atoms with Crippen molar-refractivity contribution in [2.45, 2.75) is 6.42 Å². The smallest absolute Gasteiger partial charge is 0.280 e. The van der Waals surface area contributed by atoms with Gasteiger partial charge >= 0.3 is 0 Å². The number of nitrogens with one attached hydrogen (secondary N) is 1. The minimum Gasteiger partial charge on any atom is -0.461 e. The molecule has 4 heterocycles. The van der Waals surface area contributed by atoms with Gasteiger partial charge in [-0.1, -0.05) is 11.2 Å². The fraction of sp³-hybridized carbons (Fsp3) is 0.105. The summed E-state index contributed by atoms with van der Waals surface area (Å²) in [6.07, 6.45) is 5.39. The van der Waals surface area contributed by atoms with E-state index in [1.165, 1.54) is 6.26 Å². The summed E-state index contributed by atoms with van der Waals surface area (Å²) in [6, 6.07) is 9.08.